The molecule has 0 radical (unpaired) electrons. The van der Waals surface area contributed by atoms with E-state index in [1.807, 2.05) is 0 Å². The molecule has 0 aromatic carbocycles. The fourth-order valence-electron chi connectivity index (χ4n) is 4.69. The number of nitrogens with zero attached hydrogens (tertiary/aromatic N) is 1. The van der Waals surface area contributed by atoms with Crippen LogP contribution in [-0.4, -0.2) is 34.0 Å². The lowest BCUT2D eigenvalue weighted by Gasteiger charge is -2.51. The quantitative estimate of drug-likeness (QED) is 0.378. The average molecular weight is 342 g/mol. The van der Waals surface area contributed by atoms with Gasteiger partial charge in [-0.3, -0.25) is 0 Å². The van der Waals surface area contributed by atoms with E-state index in [4.69, 9.17) is 0 Å². The maximum Gasteiger partial charge on any atom is 0.136 e. The molecule has 0 atom stereocenters. The van der Waals surface area contributed by atoms with E-state index in [0.29, 0.717) is 0 Å². The van der Waals surface area contributed by atoms with Crippen molar-refractivity contribution in [1.29, 1.82) is 0 Å². The van der Waals surface area contributed by atoms with Gasteiger partial charge in [0.1, 0.15) is 8.24 Å². The molecule has 132 valence electrons. The van der Waals surface area contributed by atoms with Crippen LogP contribution in [0.15, 0.2) is 12.3 Å². The predicted molar refractivity (Wildman–Crippen MR) is 110 cm³/mol. The molecule has 0 heterocycles. The standard InChI is InChI=1S/C19H43NSi2/c1-11-14-20(15-13-16-21(9,10)12-2)22(17(3)4,18(5)6)19(7)8/h12,17-19H,2,11,13-16H2,1,3-10H3. The predicted octanol–water partition coefficient (Wildman–Crippen LogP) is 6.70. The van der Waals surface area contributed by atoms with Crippen LogP contribution >= 0.6 is 0 Å². The lowest BCUT2D eigenvalue weighted by Crippen LogP contribution is -2.60. The van der Waals surface area contributed by atoms with E-state index in [2.05, 4.69) is 78.4 Å². The first kappa shape index (κ1) is 22.1. The van der Waals surface area contributed by atoms with Gasteiger partial charge in [-0.15, -0.1) is 12.3 Å². The normalized spacial score (nSPS) is 13.7. The van der Waals surface area contributed by atoms with E-state index in [1.54, 1.807) is 0 Å². The lowest BCUT2D eigenvalue weighted by molar-refractivity contribution is 0.386. The summed E-state index contributed by atoms with van der Waals surface area (Å²) in [6.07, 6.45) is 2.63. The molecule has 3 heteroatoms. The molecule has 0 rings (SSSR count). The third kappa shape index (κ3) is 5.35. The van der Waals surface area contributed by atoms with Crippen LogP contribution in [0.25, 0.3) is 0 Å². The van der Waals surface area contributed by atoms with Gasteiger partial charge in [0, 0.05) is 0 Å². The van der Waals surface area contributed by atoms with Gasteiger partial charge in [0.15, 0.2) is 0 Å². The molecular formula is C19H43NSi2. The van der Waals surface area contributed by atoms with Gasteiger partial charge in [0.2, 0.25) is 0 Å². The Labute approximate surface area is 143 Å². The molecule has 0 saturated carbocycles. The van der Waals surface area contributed by atoms with Crippen molar-refractivity contribution in [3.05, 3.63) is 12.3 Å². The van der Waals surface area contributed by atoms with Crippen LogP contribution in [0.4, 0.5) is 0 Å². The van der Waals surface area contributed by atoms with Crippen LogP contribution in [0.1, 0.15) is 61.3 Å². The van der Waals surface area contributed by atoms with Gasteiger partial charge in [-0.1, -0.05) is 67.6 Å². The Morgan fingerprint density at radius 1 is 0.909 bits per heavy atom. The highest BCUT2D eigenvalue weighted by molar-refractivity contribution is 6.82. The van der Waals surface area contributed by atoms with Crippen LogP contribution in [-0.2, 0) is 0 Å². The zero-order valence-corrected chi connectivity index (χ0v) is 19.0. The molecule has 0 bridgehead atoms. The average Bonchev–Trinajstić information content (AvgIpc) is 2.37. The fourth-order valence-corrected chi connectivity index (χ4v) is 13.3. The van der Waals surface area contributed by atoms with Crippen LogP contribution < -0.4 is 0 Å². The second kappa shape index (κ2) is 9.43. The molecule has 22 heavy (non-hydrogen) atoms. The van der Waals surface area contributed by atoms with E-state index in [1.165, 1.54) is 32.0 Å². The second-order valence-corrected chi connectivity index (χ2v) is 19.4. The summed E-state index contributed by atoms with van der Waals surface area (Å²) in [4.78, 5) is 0. The number of hydrogen-bond acceptors (Lipinski definition) is 1. The highest BCUT2D eigenvalue weighted by Gasteiger charge is 2.47. The summed E-state index contributed by atoms with van der Waals surface area (Å²) in [5.74, 6) is 0. The summed E-state index contributed by atoms with van der Waals surface area (Å²) in [6.45, 7) is 28.8. The van der Waals surface area contributed by atoms with Crippen LogP contribution in [0.3, 0.4) is 0 Å². The van der Waals surface area contributed by atoms with Crippen molar-refractivity contribution in [3.8, 4) is 0 Å². The van der Waals surface area contributed by atoms with Crippen molar-refractivity contribution in [1.82, 2.24) is 4.57 Å². The van der Waals surface area contributed by atoms with Gasteiger partial charge < -0.3 is 4.57 Å². The Kier molecular flexibility index (Phi) is 9.49. The molecule has 0 aliphatic carbocycles. The fraction of sp³-hybridized carbons (Fsp3) is 0.895. The summed E-state index contributed by atoms with van der Waals surface area (Å²) < 4.78 is 2.97. The Bertz CT molecular complexity index is 300. The van der Waals surface area contributed by atoms with E-state index in [-0.39, 0.29) is 0 Å². The molecule has 0 saturated heterocycles. The molecule has 0 amide bonds. The van der Waals surface area contributed by atoms with Crippen molar-refractivity contribution in [2.75, 3.05) is 13.1 Å². The molecule has 0 N–H and O–H groups in total. The van der Waals surface area contributed by atoms with Gasteiger partial charge in [-0.05, 0) is 42.6 Å². The largest absolute Gasteiger partial charge is 0.323 e. The molecule has 1 nitrogen and oxygen atoms in total. The molecule has 0 aliphatic rings. The van der Waals surface area contributed by atoms with Crippen molar-refractivity contribution in [2.45, 2.75) is 97.1 Å². The Hall–Kier alpha value is 0.134. The molecular weight excluding hydrogens is 298 g/mol. The van der Waals surface area contributed by atoms with Crippen LogP contribution in [0.5, 0.6) is 0 Å². The molecule has 0 unspecified atom stereocenters. The minimum atomic E-state index is -1.46. The van der Waals surface area contributed by atoms with Gasteiger partial charge >= 0.3 is 0 Å². The minimum Gasteiger partial charge on any atom is -0.323 e. The third-order valence-corrected chi connectivity index (χ3v) is 15.5. The van der Waals surface area contributed by atoms with Gasteiger partial charge in [-0.25, -0.2) is 0 Å². The third-order valence-electron chi connectivity index (χ3n) is 5.62. The van der Waals surface area contributed by atoms with Gasteiger partial charge in [0.05, 0.1) is 8.07 Å². The smallest absolute Gasteiger partial charge is 0.136 e. The van der Waals surface area contributed by atoms with Crippen LogP contribution in [0, 0.1) is 0 Å². The summed E-state index contributed by atoms with van der Waals surface area (Å²) in [7, 11) is -2.62. The zero-order chi connectivity index (χ0) is 17.6. The first-order chi connectivity index (χ1) is 10.1. The topological polar surface area (TPSA) is 3.24 Å². The minimum absolute atomic E-state index is 0.823. The number of hydrogen-bond donors (Lipinski definition) is 0. The Balaban J connectivity index is 5.26. The first-order valence-electron chi connectivity index (χ1n) is 9.44. The molecule has 0 fully saturated rings. The van der Waals surface area contributed by atoms with Gasteiger partial charge in [0.25, 0.3) is 0 Å². The highest BCUT2D eigenvalue weighted by atomic mass is 28.3. The van der Waals surface area contributed by atoms with Gasteiger partial charge in [-0.2, -0.15) is 0 Å². The van der Waals surface area contributed by atoms with Crippen molar-refractivity contribution in [3.63, 3.8) is 0 Å². The van der Waals surface area contributed by atoms with E-state index >= 15 is 0 Å². The molecule has 0 aromatic heterocycles. The molecule has 0 spiro atoms. The molecule has 0 aliphatic heterocycles. The van der Waals surface area contributed by atoms with Crippen molar-refractivity contribution < 1.29 is 0 Å². The number of rotatable bonds is 11. The van der Waals surface area contributed by atoms with Crippen molar-refractivity contribution >= 4 is 16.3 Å². The highest BCUT2D eigenvalue weighted by Crippen LogP contribution is 2.44. The Morgan fingerprint density at radius 2 is 1.36 bits per heavy atom. The lowest BCUT2D eigenvalue weighted by atomic mass is 10.4. The van der Waals surface area contributed by atoms with Crippen LogP contribution in [0.2, 0.25) is 35.8 Å². The summed E-state index contributed by atoms with van der Waals surface area (Å²) in [6, 6.07) is 1.38. The summed E-state index contributed by atoms with van der Waals surface area (Å²) in [5, 5.41) is 0. The zero-order valence-electron chi connectivity index (χ0n) is 17.0. The summed E-state index contributed by atoms with van der Waals surface area (Å²) in [5.41, 5.74) is 4.73. The second-order valence-electron chi connectivity index (χ2n) is 8.63. The van der Waals surface area contributed by atoms with Crippen molar-refractivity contribution in [2.24, 2.45) is 0 Å². The maximum absolute atomic E-state index is 4.06. The monoisotopic (exact) mass is 341 g/mol. The van der Waals surface area contributed by atoms with E-state index < -0.39 is 16.3 Å². The molecule has 0 aromatic rings. The van der Waals surface area contributed by atoms with E-state index in [0.717, 1.165) is 16.6 Å². The van der Waals surface area contributed by atoms with E-state index in [9.17, 15) is 0 Å². The Morgan fingerprint density at radius 3 is 1.68 bits per heavy atom. The maximum atomic E-state index is 4.06. The SMILES string of the molecule is C=C[Si](C)(C)CCCN(CCC)[Si](C(C)C)(C(C)C)C(C)C. The summed E-state index contributed by atoms with van der Waals surface area (Å²) >= 11 is 0. The first-order valence-corrected chi connectivity index (χ1v) is 14.9.